The maximum atomic E-state index is 13.4. The molecule has 0 radical (unpaired) electrons. The fraction of sp³-hybridized carbons (Fsp3) is 0.364. The van der Waals surface area contributed by atoms with Crippen LogP contribution in [0.15, 0.2) is 47.4 Å². The fourth-order valence-corrected chi connectivity index (χ4v) is 4.99. The molecule has 0 bridgehead atoms. The van der Waals surface area contributed by atoms with Crippen LogP contribution < -0.4 is 5.32 Å². The Kier molecular flexibility index (Phi) is 7.57. The molecule has 0 aromatic heterocycles. The van der Waals surface area contributed by atoms with Gasteiger partial charge in [-0.15, -0.1) is 0 Å². The Hall–Kier alpha value is -2.85. The van der Waals surface area contributed by atoms with Gasteiger partial charge < -0.3 is 10.1 Å². The summed E-state index contributed by atoms with van der Waals surface area (Å²) >= 11 is 0. The minimum absolute atomic E-state index is 0.0250. The van der Waals surface area contributed by atoms with E-state index in [9.17, 15) is 26.8 Å². The van der Waals surface area contributed by atoms with Gasteiger partial charge in [-0.3, -0.25) is 9.59 Å². The van der Waals surface area contributed by atoms with Crippen LogP contribution in [-0.2, 0) is 30.8 Å². The maximum absolute atomic E-state index is 13.4. The van der Waals surface area contributed by atoms with E-state index in [2.05, 4.69) is 5.32 Å². The lowest BCUT2D eigenvalue weighted by Gasteiger charge is -2.30. The summed E-state index contributed by atoms with van der Waals surface area (Å²) in [6.45, 7) is 1.57. The van der Waals surface area contributed by atoms with Crippen molar-refractivity contribution in [2.75, 3.05) is 25.0 Å². The van der Waals surface area contributed by atoms with Gasteiger partial charge in [-0.05, 0) is 49.1 Å². The lowest BCUT2D eigenvalue weighted by Crippen LogP contribution is -2.41. The van der Waals surface area contributed by atoms with Gasteiger partial charge in [0.2, 0.25) is 10.0 Å². The van der Waals surface area contributed by atoms with Crippen LogP contribution in [0.3, 0.4) is 0 Å². The van der Waals surface area contributed by atoms with Gasteiger partial charge in [0.1, 0.15) is 0 Å². The van der Waals surface area contributed by atoms with E-state index < -0.39 is 46.1 Å². The van der Waals surface area contributed by atoms with E-state index in [4.69, 9.17) is 4.74 Å². The minimum atomic E-state index is -4.01. The summed E-state index contributed by atoms with van der Waals surface area (Å²) in [5.74, 6) is -3.97. The number of rotatable bonds is 7. The Morgan fingerprint density at radius 1 is 1.09 bits per heavy atom. The summed E-state index contributed by atoms with van der Waals surface area (Å²) < 4.78 is 58.0. The van der Waals surface area contributed by atoms with E-state index in [1.165, 1.54) is 0 Å². The Balaban J connectivity index is 1.51. The van der Waals surface area contributed by atoms with Crippen LogP contribution in [0.25, 0.3) is 0 Å². The molecule has 0 aliphatic carbocycles. The predicted octanol–water partition coefficient (Wildman–Crippen LogP) is 3.11. The zero-order valence-electron chi connectivity index (χ0n) is 17.5. The summed E-state index contributed by atoms with van der Waals surface area (Å²) in [5, 5.41) is 2.71. The molecule has 1 amide bonds. The first-order valence-corrected chi connectivity index (χ1v) is 11.7. The predicted molar refractivity (Wildman–Crippen MR) is 113 cm³/mol. The minimum Gasteiger partial charge on any atom is -0.455 e. The van der Waals surface area contributed by atoms with Crippen molar-refractivity contribution in [2.45, 2.75) is 31.1 Å². The maximum Gasteiger partial charge on any atom is 0.309 e. The summed E-state index contributed by atoms with van der Waals surface area (Å²) in [5.41, 5.74) is 1.62. The van der Waals surface area contributed by atoms with Crippen molar-refractivity contribution in [1.82, 2.24) is 4.31 Å². The van der Waals surface area contributed by atoms with Gasteiger partial charge in [-0.1, -0.05) is 25.1 Å². The smallest absolute Gasteiger partial charge is 0.309 e. The van der Waals surface area contributed by atoms with Gasteiger partial charge in [0, 0.05) is 18.8 Å². The fourth-order valence-electron chi connectivity index (χ4n) is 3.51. The number of nitrogens with one attached hydrogen (secondary N) is 1. The second-order valence-corrected chi connectivity index (χ2v) is 9.36. The van der Waals surface area contributed by atoms with E-state index >= 15 is 0 Å². The number of esters is 1. The van der Waals surface area contributed by atoms with Gasteiger partial charge in [0.15, 0.2) is 18.2 Å². The van der Waals surface area contributed by atoms with Crippen molar-refractivity contribution in [1.29, 1.82) is 0 Å². The van der Waals surface area contributed by atoms with E-state index in [0.29, 0.717) is 11.8 Å². The number of halogens is 2. The summed E-state index contributed by atoms with van der Waals surface area (Å²) in [6, 6.07) is 9.72. The summed E-state index contributed by atoms with van der Waals surface area (Å²) in [6.07, 6.45) is 1.13. The van der Waals surface area contributed by atoms with E-state index in [-0.39, 0.29) is 30.8 Å². The number of hydrogen-bond donors (Lipinski definition) is 1. The van der Waals surface area contributed by atoms with Gasteiger partial charge in [-0.25, -0.2) is 17.2 Å². The molecule has 0 atom stereocenters. The molecule has 2 aromatic carbocycles. The normalized spacial score (nSPS) is 15.3. The average molecular weight is 467 g/mol. The molecule has 1 heterocycles. The molecule has 1 saturated heterocycles. The lowest BCUT2D eigenvalue weighted by molar-refractivity contribution is -0.152. The SMILES string of the molecule is CCc1ccccc1NC(=O)COC(=O)C1CCN(S(=O)(=O)c2ccc(F)c(F)c2)CC1. The number of ether oxygens (including phenoxy) is 1. The first-order chi connectivity index (χ1) is 15.2. The number of benzene rings is 2. The molecular formula is C22H24F2N2O5S. The Bertz CT molecular complexity index is 1100. The molecule has 0 spiro atoms. The number of aryl methyl sites for hydroxylation is 1. The van der Waals surface area contributed by atoms with Gasteiger partial charge >= 0.3 is 5.97 Å². The third kappa shape index (κ3) is 5.49. The van der Waals surface area contributed by atoms with Crippen LogP contribution in [0.4, 0.5) is 14.5 Å². The number of carbonyl (C=O) groups is 2. The molecule has 1 N–H and O–H groups in total. The standard InChI is InChI=1S/C22H24F2N2O5S/c1-2-15-5-3-4-6-20(15)25-21(27)14-31-22(28)16-9-11-26(12-10-16)32(29,30)17-7-8-18(23)19(24)13-17/h3-8,13,16H,2,9-12,14H2,1H3,(H,25,27). The zero-order valence-corrected chi connectivity index (χ0v) is 18.3. The molecular weight excluding hydrogens is 442 g/mol. The molecule has 172 valence electrons. The Morgan fingerprint density at radius 2 is 1.78 bits per heavy atom. The highest BCUT2D eigenvalue weighted by Gasteiger charge is 2.33. The highest BCUT2D eigenvalue weighted by Crippen LogP contribution is 2.25. The number of sulfonamides is 1. The monoisotopic (exact) mass is 466 g/mol. The van der Waals surface area contributed by atoms with Gasteiger partial charge in [0.05, 0.1) is 10.8 Å². The van der Waals surface area contributed by atoms with Crippen LogP contribution in [0.2, 0.25) is 0 Å². The highest BCUT2D eigenvalue weighted by molar-refractivity contribution is 7.89. The van der Waals surface area contributed by atoms with E-state index in [0.717, 1.165) is 28.4 Å². The van der Waals surface area contributed by atoms with Crippen molar-refractivity contribution >= 4 is 27.6 Å². The lowest BCUT2D eigenvalue weighted by atomic mass is 9.98. The number of anilines is 1. The Morgan fingerprint density at radius 3 is 2.44 bits per heavy atom. The van der Waals surface area contributed by atoms with Gasteiger partial charge in [0.25, 0.3) is 5.91 Å². The van der Waals surface area contributed by atoms with Crippen molar-refractivity contribution in [3.63, 3.8) is 0 Å². The summed E-state index contributed by atoms with van der Waals surface area (Å²) in [7, 11) is -4.01. The number of para-hydroxylation sites is 1. The third-order valence-electron chi connectivity index (χ3n) is 5.33. The third-order valence-corrected chi connectivity index (χ3v) is 7.23. The zero-order chi connectivity index (χ0) is 23.3. The molecule has 10 heteroatoms. The number of hydrogen-bond acceptors (Lipinski definition) is 5. The molecule has 32 heavy (non-hydrogen) atoms. The number of nitrogens with zero attached hydrogens (tertiary/aromatic N) is 1. The van der Waals surface area contributed by atoms with Gasteiger partial charge in [-0.2, -0.15) is 4.31 Å². The Labute approximate surface area is 185 Å². The molecule has 7 nitrogen and oxygen atoms in total. The number of amides is 1. The quantitative estimate of drug-likeness (QED) is 0.633. The van der Waals surface area contributed by atoms with Crippen LogP contribution in [-0.4, -0.2) is 44.3 Å². The molecule has 1 aliphatic heterocycles. The molecule has 1 fully saturated rings. The average Bonchev–Trinajstić information content (AvgIpc) is 2.79. The second-order valence-electron chi connectivity index (χ2n) is 7.42. The molecule has 0 saturated carbocycles. The largest absolute Gasteiger partial charge is 0.455 e. The molecule has 0 unspecified atom stereocenters. The van der Waals surface area contributed by atoms with E-state index in [1.54, 1.807) is 12.1 Å². The van der Waals surface area contributed by atoms with Crippen molar-refractivity contribution in [3.8, 4) is 0 Å². The topological polar surface area (TPSA) is 92.8 Å². The van der Waals surface area contributed by atoms with E-state index in [1.807, 2.05) is 19.1 Å². The molecule has 2 aromatic rings. The molecule has 3 rings (SSSR count). The van der Waals surface area contributed by atoms with Crippen LogP contribution in [0.1, 0.15) is 25.3 Å². The first-order valence-electron chi connectivity index (χ1n) is 10.2. The van der Waals surface area contributed by atoms with Crippen LogP contribution >= 0.6 is 0 Å². The highest BCUT2D eigenvalue weighted by atomic mass is 32.2. The molecule has 1 aliphatic rings. The van der Waals surface area contributed by atoms with Crippen molar-refractivity contribution < 1.29 is 31.5 Å². The number of carbonyl (C=O) groups excluding carboxylic acids is 2. The first kappa shape index (κ1) is 23.8. The second kappa shape index (κ2) is 10.2. The van der Waals surface area contributed by atoms with Crippen LogP contribution in [0.5, 0.6) is 0 Å². The van der Waals surface area contributed by atoms with Crippen molar-refractivity contribution in [2.24, 2.45) is 5.92 Å². The van der Waals surface area contributed by atoms with Crippen LogP contribution in [0, 0.1) is 17.6 Å². The summed E-state index contributed by atoms with van der Waals surface area (Å²) in [4.78, 5) is 24.1. The number of piperidine rings is 1. The van der Waals surface area contributed by atoms with Crippen molar-refractivity contribution in [3.05, 3.63) is 59.7 Å².